The van der Waals surface area contributed by atoms with Gasteiger partial charge in [-0.3, -0.25) is 9.59 Å². The molecule has 0 aliphatic rings. The molecule has 0 bridgehead atoms. The van der Waals surface area contributed by atoms with Gasteiger partial charge in [0, 0.05) is 39.3 Å². The lowest BCUT2D eigenvalue weighted by Crippen LogP contribution is -2.42. The number of ether oxygens (including phenoxy) is 3. The van der Waals surface area contributed by atoms with E-state index in [2.05, 4.69) is 76.2 Å². The van der Waals surface area contributed by atoms with Gasteiger partial charge in [-0.2, -0.15) is 0 Å². The van der Waals surface area contributed by atoms with Crippen molar-refractivity contribution in [2.24, 2.45) is 11.8 Å². The molecule has 0 aliphatic heterocycles. The van der Waals surface area contributed by atoms with E-state index >= 15 is 0 Å². The fraction of sp³-hybridized carbons (Fsp3) is 0.435. The Kier molecular flexibility index (Phi) is 18.0. The molecule has 274 valence electrons. The third-order valence-corrected chi connectivity index (χ3v) is 9.69. The van der Waals surface area contributed by atoms with Gasteiger partial charge < -0.3 is 14.2 Å². The van der Waals surface area contributed by atoms with Crippen molar-refractivity contribution in [2.45, 2.75) is 78.1 Å². The van der Waals surface area contributed by atoms with Crippen molar-refractivity contribution in [1.82, 2.24) is 0 Å². The van der Waals surface area contributed by atoms with Crippen LogP contribution in [0, 0.1) is 11.8 Å². The van der Waals surface area contributed by atoms with Crippen LogP contribution in [0.1, 0.15) is 89.5 Å². The highest BCUT2D eigenvalue weighted by Gasteiger charge is 2.44. The van der Waals surface area contributed by atoms with Gasteiger partial charge in [-0.15, -0.1) is 0 Å². The van der Waals surface area contributed by atoms with Crippen LogP contribution in [0.2, 0.25) is 0 Å². The molecule has 0 fully saturated rings. The Morgan fingerprint density at radius 1 is 0.451 bits per heavy atom. The highest BCUT2D eigenvalue weighted by Crippen LogP contribution is 2.42. The Hall–Kier alpha value is -3.90. The summed E-state index contributed by atoms with van der Waals surface area (Å²) in [7, 11) is 0. The lowest BCUT2D eigenvalue weighted by molar-refractivity contribution is -0.125. The summed E-state index contributed by atoms with van der Waals surface area (Å²) in [6, 6.07) is 40.7. The van der Waals surface area contributed by atoms with Crippen molar-refractivity contribution in [1.29, 1.82) is 0 Å². The van der Waals surface area contributed by atoms with Gasteiger partial charge in [-0.25, -0.2) is 0 Å². The quantitative estimate of drug-likeness (QED) is 0.0814. The first-order chi connectivity index (χ1) is 24.8. The topological polar surface area (TPSA) is 61.8 Å². The van der Waals surface area contributed by atoms with E-state index in [0.717, 1.165) is 35.1 Å². The molecule has 0 saturated carbocycles. The summed E-state index contributed by atoms with van der Waals surface area (Å²) in [5.74, 6) is 0.841. The van der Waals surface area contributed by atoms with Crippen molar-refractivity contribution in [3.05, 3.63) is 144 Å². The monoisotopic (exact) mass is 692 g/mol. The summed E-state index contributed by atoms with van der Waals surface area (Å²) >= 11 is 0. The van der Waals surface area contributed by atoms with Gasteiger partial charge in [0.25, 0.3) is 0 Å². The number of hydrogen-bond acceptors (Lipinski definition) is 5. The van der Waals surface area contributed by atoms with Crippen molar-refractivity contribution in [3.63, 3.8) is 0 Å². The predicted molar refractivity (Wildman–Crippen MR) is 209 cm³/mol. The first-order valence-electron chi connectivity index (χ1n) is 18.8. The van der Waals surface area contributed by atoms with Crippen molar-refractivity contribution in [2.75, 3.05) is 39.6 Å². The molecule has 4 aromatic carbocycles. The van der Waals surface area contributed by atoms with Crippen LogP contribution in [0.5, 0.6) is 0 Å². The minimum Gasteiger partial charge on any atom is -0.382 e. The van der Waals surface area contributed by atoms with Crippen molar-refractivity contribution >= 4 is 11.6 Å². The van der Waals surface area contributed by atoms with E-state index in [4.69, 9.17) is 14.2 Å². The second-order valence-electron chi connectivity index (χ2n) is 13.4. The molecule has 0 amide bonds. The van der Waals surface area contributed by atoms with Gasteiger partial charge in [0.05, 0.1) is 24.0 Å². The molecular formula is C46H60O5. The summed E-state index contributed by atoms with van der Waals surface area (Å²) in [6.45, 7) is 16.3. The zero-order valence-corrected chi connectivity index (χ0v) is 31.8. The summed E-state index contributed by atoms with van der Waals surface area (Å²) < 4.78 is 16.3. The van der Waals surface area contributed by atoms with Gasteiger partial charge >= 0.3 is 0 Å². The van der Waals surface area contributed by atoms with E-state index in [1.54, 1.807) is 0 Å². The normalized spacial score (nSPS) is 11.7. The van der Waals surface area contributed by atoms with Gasteiger partial charge in [0.15, 0.2) is 0 Å². The smallest absolute Gasteiger partial charge is 0.148 e. The number of carbonyl (C=O) groups is 2. The molecule has 0 atom stereocenters. The average Bonchev–Trinajstić information content (AvgIpc) is 3.15. The van der Waals surface area contributed by atoms with Crippen LogP contribution in [0.3, 0.4) is 0 Å². The van der Waals surface area contributed by atoms with E-state index in [0.29, 0.717) is 52.5 Å². The van der Waals surface area contributed by atoms with Gasteiger partial charge in [0.2, 0.25) is 0 Å². The molecule has 51 heavy (non-hydrogen) atoms. The third kappa shape index (κ3) is 10.8. The second kappa shape index (κ2) is 22.1. The van der Waals surface area contributed by atoms with E-state index in [-0.39, 0.29) is 23.4 Å². The second-order valence-corrected chi connectivity index (χ2v) is 13.4. The van der Waals surface area contributed by atoms with E-state index < -0.39 is 10.8 Å². The molecule has 0 saturated heterocycles. The molecule has 0 heterocycles. The molecule has 4 aromatic rings. The first kappa shape index (κ1) is 41.5. The van der Waals surface area contributed by atoms with Crippen LogP contribution in [0.15, 0.2) is 121 Å². The Labute approximate surface area is 307 Å². The zero-order chi connectivity index (χ0) is 37.0. The van der Waals surface area contributed by atoms with Crippen LogP contribution in [0.25, 0.3) is 0 Å². The molecule has 0 spiro atoms. The molecule has 0 unspecified atom stereocenters. The van der Waals surface area contributed by atoms with Crippen LogP contribution < -0.4 is 0 Å². The Bertz CT molecular complexity index is 1440. The standard InChI is InChI=1S/C24H32O3.C22H28O2/c1-4-26-18-19-27-17-11-16-23(25)24(20(2)3,21-12-7-5-8-13-21)22-14-9-6-10-15-22;1-4-24-17-11-16-21(23)22(18(2)3,19-12-7-5-8-13-19)20-14-9-6-10-15-20/h5-10,12-15,20H,4,11,16-19H2,1-3H3;5-10,12-15,18H,4,11,16-17H2,1-3H3. The molecule has 5 nitrogen and oxygen atoms in total. The molecule has 4 rings (SSSR count). The molecule has 0 radical (unpaired) electrons. The Morgan fingerprint density at radius 3 is 1.02 bits per heavy atom. The molecule has 0 aliphatic carbocycles. The number of carbonyl (C=O) groups excluding carboxylic acids is 2. The molecule has 0 aromatic heterocycles. The number of rotatable bonds is 21. The van der Waals surface area contributed by atoms with Gasteiger partial charge in [-0.05, 0) is 60.8 Å². The Balaban J connectivity index is 0.000000277. The summed E-state index contributed by atoms with van der Waals surface area (Å²) in [4.78, 5) is 27.0. The Morgan fingerprint density at radius 2 is 0.725 bits per heavy atom. The van der Waals surface area contributed by atoms with Crippen LogP contribution in [0.4, 0.5) is 0 Å². The first-order valence-corrected chi connectivity index (χ1v) is 18.8. The molecular weight excluding hydrogens is 633 g/mol. The lowest BCUT2D eigenvalue weighted by atomic mass is 9.63. The predicted octanol–water partition coefficient (Wildman–Crippen LogP) is 10.0. The van der Waals surface area contributed by atoms with Gasteiger partial charge in [0.1, 0.15) is 11.6 Å². The largest absolute Gasteiger partial charge is 0.382 e. The van der Waals surface area contributed by atoms with Gasteiger partial charge in [-0.1, -0.05) is 149 Å². The fourth-order valence-corrected chi connectivity index (χ4v) is 7.33. The minimum atomic E-state index is -0.631. The number of ketones is 2. The highest BCUT2D eigenvalue weighted by molar-refractivity contribution is 5.95. The van der Waals surface area contributed by atoms with Crippen LogP contribution in [-0.4, -0.2) is 51.2 Å². The van der Waals surface area contributed by atoms with Crippen molar-refractivity contribution < 1.29 is 23.8 Å². The summed E-state index contributed by atoms with van der Waals surface area (Å²) in [5.41, 5.74) is 3.05. The van der Waals surface area contributed by atoms with E-state index in [9.17, 15) is 9.59 Å². The van der Waals surface area contributed by atoms with E-state index in [1.165, 1.54) is 0 Å². The maximum absolute atomic E-state index is 13.6. The average molecular weight is 693 g/mol. The van der Waals surface area contributed by atoms with Crippen LogP contribution in [-0.2, 0) is 34.6 Å². The zero-order valence-electron chi connectivity index (χ0n) is 31.8. The maximum Gasteiger partial charge on any atom is 0.148 e. The number of Topliss-reactive ketones (excluding diaryl/α,β-unsaturated/α-hetero) is 2. The number of hydrogen-bond donors (Lipinski definition) is 0. The molecule has 5 heteroatoms. The lowest BCUT2D eigenvalue weighted by Gasteiger charge is -2.37. The highest BCUT2D eigenvalue weighted by atomic mass is 16.5. The molecule has 0 N–H and O–H groups in total. The number of benzene rings is 4. The summed E-state index contributed by atoms with van der Waals surface area (Å²) in [5, 5.41) is 0. The SMILES string of the molecule is CCOCCCC(=O)C(c1ccccc1)(c1ccccc1)C(C)C.CCOCCOCCCC(=O)C(c1ccccc1)(c1ccccc1)C(C)C. The maximum atomic E-state index is 13.6. The van der Waals surface area contributed by atoms with Crippen molar-refractivity contribution in [3.8, 4) is 0 Å². The minimum absolute atomic E-state index is 0.147. The van der Waals surface area contributed by atoms with E-state index in [1.807, 2.05) is 86.6 Å². The van der Waals surface area contributed by atoms with Crippen LogP contribution >= 0.6 is 0 Å². The summed E-state index contributed by atoms with van der Waals surface area (Å²) in [6.07, 6.45) is 2.51. The third-order valence-electron chi connectivity index (χ3n) is 9.69. The fourth-order valence-electron chi connectivity index (χ4n) is 7.33.